The van der Waals surface area contributed by atoms with Crippen molar-refractivity contribution in [2.75, 3.05) is 0 Å². The molecule has 2 atom stereocenters. The van der Waals surface area contributed by atoms with Crippen LogP contribution in [0, 0.1) is 24.4 Å². The zero-order chi connectivity index (χ0) is 22.9. The molecule has 0 spiro atoms. The average Bonchev–Trinajstić information content (AvgIpc) is 3.04. The number of alkyl carbamates (subject to hydrolysis) is 1. The van der Waals surface area contributed by atoms with Crippen LogP contribution in [0.25, 0.3) is 0 Å². The molecule has 2 aromatic carbocycles. The van der Waals surface area contributed by atoms with Gasteiger partial charge in [0.15, 0.2) is 17.7 Å². The maximum atomic E-state index is 14.6. The molecule has 1 heterocycles. The second kappa shape index (κ2) is 8.64. The summed E-state index contributed by atoms with van der Waals surface area (Å²) in [7, 11) is 0. The van der Waals surface area contributed by atoms with Gasteiger partial charge < -0.3 is 20.3 Å². The molecule has 2 amide bonds. The summed E-state index contributed by atoms with van der Waals surface area (Å²) >= 11 is 0. The van der Waals surface area contributed by atoms with Crippen LogP contribution < -0.4 is 15.8 Å². The van der Waals surface area contributed by atoms with Crippen LogP contribution in [-0.2, 0) is 27.2 Å². The van der Waals surface area contributed by atoms with Gasteiger partial charge in [-0.1, -0.05) is 12.1 Å². The normalized spacial score (nSPS) is 16.6. The second-order valence-corrected chi connectivity index (χ2v) is 6.86. The number of amides is 2. The highest BCUT2D eigenvalue weighted by molar-refractivity contribution is 6.00. The number of carbonyl (C=O) groups is 3. The molecule has 4 N–H and O–H groups in total. The highest BCUT2D eigenvalue weighted by Gasteiger charge is 2.32. The predicted octanol–water partition coefficient (Wildman–Crippen LogP) is 2.34. The Bertz CT molecular complexity index is 1030. The zero-order valence-electron chi connectivity index (χ0n) is 16.1. The Kier molecular flexibility index (Phi) is 6.16. The van der Waals surface area contributed by atoms with Gasteiger partial charge in [0.25, 0.3) is 5.91 Å². The number of aliphatic carboxylic acids is 1. The predicted molar refractivity (Wildman–Crippen MR) is 99.0 cm³/mol. The van der Waals surface area contributed by atoms with E-state index >= 15 is 0 Å². The minimum absolute atomic E-state index is 0.0485. The Morgan fingerprint density at radius 1 is 1.19 bits per heavy atom. The second-order valence-electron chi connectivity index (χ2n) is 6.86. The van der Waals surface area contributed by atoms with Gasteiger partial charge in [-0.05, 0) is 24.6 Å². The molecule has 3 rings (SSSR count). The van der Waals surface area contributed by atoms with Crippen molar-refractivity contribution in [2.24, 2.45) is 5.73 Å². The molecular weight excluding hydrogens is 421 g/mol. The first-order valence-corrected chi connectivity index (χ1v) is 9.01. The molecule has 8 nitrogen and oxygen atoms in total. The number of hydrogen-bond donors (Lipinski definition) is 3. The van der Waals surface area contributed by atoms with Crippen LogP contribution in [0.4, 0.5) is 18.0 Å². The number of hydrogen-bond acceptors (Lipinski definition) is 6. The van der Waals surface area contributed by atoms with E-state index in [4.69, 9.17) is 20.3 Å². The molecule has 31 heavy (non-hydrogen) atoms. The third kappa shape index (κ3) is 4.61. The molecule has 0 saturated carbocycles. The monoisotopic (exact) mass is 438 g/mol. The Morgan fingerprint density at radius 2 is 1.84 bits per heavy atom. The zero-order valence-corrected chi connectivity index (χ0v) is 16.1. The van der Waals surface area contributed by atoms with Gasteiger partial charge >= 0.3 is 12.1 Å². The molecule has 1 fully saturated rings. The maximum absolute atomic E-state index is 14.6. The average molecular weight is 438 g/mol. The molecular formula is C20H17F3N2O6. The van der Waals surface area contributed by atoms with Crippen molar-refractivity contribution in [3.05, 3.63) is 58.4 Å². The quantitative estimate of drug-likeness (QED) is 0.566. The van der Waals surface area contributed by atoms with E-state index in [9.17, 15) is 27.6 Å². The van der Waals surface area contributed by atoms with E-state index in [0.717, 1.165) is 6.92 Å². The van der Waals surface area contributed by atoms with E-state index in [1.807, 2.05) is 5.32 Å². The molecule has 1 saturated heterocycles. The van der Waals surface area contributed by atoms with Crippen LogP contribution in [0.3, 0.4) is 0 Å². The van der Waals surface area contributed by atoms with Crippen LogP contribution in [0.15, 0.2) is 24.3 Å². The van der Waals surface area contributed by atoms with Crippen LogP contribution in [0.5, 0.6) is 11.5 Å². The van der Waals surface area contributed by atoms with Gasteiger partial charge in [0, 0.05) is 24.0 Å². The maximum Gasteiger partial charge on any atom is 0.414 e. The van der Waals surface area contributed by atoms with E-state index in [1.54, 1.807) is 0 Å². The SMILES string of the molecule is Cc1c(F)c(CC(N)C(=O)O)c(F)c(F)c1Oc1ccc(CC2OC(=O)NC2=O)cc1. The van der Waals surface area contributed by atoms with Crippen molar-refractivity contribution in [1.82, 2.24) is 5.32 Å². The number of halogens is 3. The van der Waals surface area contributed by atoms with Gasteiger partial charge in [-0.3, -0.25) is 14.9 Å². The number of cyclic esters (lactones) is 1. The molecule has 0 aromatic heterocycles. The molecule has 2 aromatic rings. The number of ether oxygens (including phenoxy) is 2. The molecule has 2 unspecified atom stereocenters. The lowest BCUT2D eigenvalue weighted by atomic mass is 10.0. The van der Waals surface area contributed by atoms with Gasteiger partial charge in [0.05, 0.1) is 0 Å². The highest BCUT2D eigenvalue weighted by atomic mass is 19.2. The first kappa shape index (κ1) is 22.1. The molecule has 1 aliphatic heterocycles. The summed E-state index contributed by atoms with van der Waals surface area (Å²) in [6.45, 7) is 1.16. The summed E-state index contributed by atoms with van der Waals surface area (Å²) in [5.41, 5.74) is 4.75. The topological polar surface area (TPSA) is 128 Å². The smallest absolute Gasteiger partial charge is 0.414 e. The van der Waals surface area contributed by atoms with Crippen LogP contribution in [-0.4, -0.2) is 35.2 Å². The van der Waals surface area contributed by atoms with Gasteiger partial charge in [-0.15, -0.1) is 0 Å². The molecule has 0 aliphatic carbocycles. The molecule has 1 aliphatic rings. The van der Waals surface area contributed by atoms with Crippen molar-refractivity contribution in [3.63, 3.8) is 0 Å². The minimum Gasteiger partial charge on any atom is -0.480 e. The standard InChI is InChI=1S/C20H17F3N2O6/c1-8-14(21)11(7-12(24)19(27)28)15(22)16(23)17(8)30-10-4-2-9(3-5-10)6-13-18(26)25-20(29)31-13/h2-5,12-13H,6-7,24H2,1H3,(H,27,28)(H,25,26,29). The van der Waals surface area contributed by atoms with Crippen molar-refractivity contribution < 1.29 is 42.1 Å². The number of benzene rings is 2. The van der Waals surface area contributed by atoms with E-state index in [0.29, 0.717) is 5.56 Å². The summed E-state index contributed by atoms with van der Waals surface area (Å²) in [6.07, 6.45) is -2.46. The number of carboxylic acid groups (broad SMARTS) is 1. The van der Waals surface area contributed by atoms with E-state index in [2.05, 4.69) is 0 Å². The van der Waals surface area contributed by atoms with Gasteiger partial charge in [-0.2, -0.15) is 4.39 Å². The number of rotatable bonds is 7. The summed E-state index contributed by atoms with van der Waals surface area (Å²) in [6, 6.07) is 4.17. The summed E-state index contributed by atoms with van der Waals surface area (Å²) in [5.74, 6) is -6.92. The highest BCUT2D eigenvalue weighted by Crippen LogP contribution is 2.34. The number of carboxylic acids is 1. The number of carbonyl (C=O) groups excluding carboxylic acids is 2. The van der Waals surface area contributed by atoms with Crippen LogP contribution in [0.2, 0.25) is 0 Å². The molecule has 0 radical (unpaired) electrons. The summed E-state index contributed by atoms with van der Waals surface area (Å²) in [5, 5.41) is 10.8. The van der Waals surface area contributed by atoms with E-state index < -0.39 is 65.3 Å². The largest absolute Gasteiger partial charge is 0.480 e. The molecule has 0 bridgehead atoms. The van der Waals surface area contributed by atoms with Gasteiger partial charge in [-0.25, -0.2) is 13.6 Å². The van der Waals surface area contributed by atoms with Gasteiger partial charge in [0.1, 0.15) is 17.6 Å². The molecule has 11 heteroatoms. The molecule has 164 valence electrons. The van der Waals surface area contributed by atoms with E-state index in [1.165, 1.54) is 24.3 Å². The Labute approximate surface area is 173 Å². The summed E-state index contributed by atoms with van der Waals surface area (Å²) in [4.78, 5) is 33.4. The number of nitrogens with two attached hydrogens (primary N) is 1. The third-order valence-electron chi connectivity index (χ3n) is 4.66. The first-order valence-electron chi connectivity index (χ1n) is 9.01. The number of imide groups is 1. The van der Waals surface area contributed by atoms with Crippen LogP contribution >= 0.6 is 0 Å². The lowest BCUT2D eigenvalue weighted by molar-refractivity contribution is -0.138. The fourth-order valence-corrected chi connectivity index (χ4v) is 2.98. The van der Waals surface area contributed by atoms with Crippen molar-refractivity contribution in [2.45, 2.75) is 31.9 Å². The lowest BCUT2D eigenvalue weighted by Crippen LogP contribution is -2.33. The Morgan fingerprint density at radius 3 is 2.39 bits per heavy atom. The first-order chi connectivity index (χ1) is 14.6. The third-order valence-corrected chi connectivity index (χ3v) is 4.66. The van der Waals surface area contributed by atoms with Crippen molar-refractivity contribution in [1.29, 1.82) is 0 Å². The fourth-order valence-electron chi connectivity index (χ4n) is 2.98. The van der Waals surface area contributed by atoms with Crippen LogP contribution in [0.1, 0.15) is 16.7 Å². The Balaban J connectivity index is 1.80. The van der Waals surface area contributed by atoms with Crippen molar-refractivity contribution >= 4 is 18.0 Å². The van der Waals surface area contributed by atoms with Gasteiger partial charge in [0.2, 0.25) is 5.82 Å². The van der Waals surface area contributed by atoms with Crippen molar-refractivity contribution in [3.8, 4) is 11.5 Å². The number of nitrogens with one attached hydrogen (secondary N) is 1. The lowest BCUT2D eigenvalue weighted by Gasteiger charge is -2.16. The Hall–Kier alpha value is -3.60. The minimum atomic E-state index is -1.61. The summed E-state index contributed by atoms with van der Waals surface area (Å²) < 4.78 is 53.6. The fraction of sp³-hybridized carbons (Fsp3) is 0.250. The van der Waals surface area contributed by atoms with E-state index in [-0.39, 0.29) is 17.7 Å².